The third-order valence-electron chi connectivity index (χ3n) is 8.99. The number of carbonyl (C=O) groups is 1. The van der Waals surface area contributed by atoms with Gasteiger partial charge in [0.1, 0.15) is 12.1 Å². The molecule has 3 aliphatic rings. The van der Waals surface area contributed by atoms with Gasteiger partial charge in [0, 0.05) is 42.9 Å². The van der Waals surface area contributed by atoms with E-state index in [4.69, 9.17) is 4.98 Å². The van der Waals surface area contributed by atoms with Crippen LogP contribution in [-0.2, 0) is 20.1 Å². The van der Waals surface area contributed by atoms with Crippen LogP contribution in [0, 0.1) is 17.2 Å². The first-order valence-electron chi connectivity index (χ1n) is 15.0. The average Bonchev–Trinajstić information content (AvgIpc) is 3.41. The van der Waals surface area contributed by atoms with E-state index in [1.54, 1.807) is 6.33 Å². The van der Waals surface area contributed by atoms with Crippen molar-refractivity contribution in [3.63, 3.8) is 0 Å². The molecule has 0 radical (unpaired) electrons. The minimum Gasteiger partial charge on any atom is -0.317 e. The summed E-state index contributed by atoms with van der Waals surface area (Å²) in [5, 5.41) is 18.0. The highest BCUT2D eigenvalue weighted by Gasteiger charge is 2.32. The van der Waals surface area contributed by atoms with Gasteiger partial charge in [-0.3, -0.25) is 9.69 Å². The van der Waals surface area contributed by atoms with E-state index >= 15 is 0 Å². The monoisotopic (exact) mass is 557 g/mol. The number of aryl methyl sites for hydroxylation is 1. The zero-order chi connectivity index (χ0) is 28.8. The first-order valence-corrected chi connectivity index (χ1v) is 15.0. The van der Waals surface area contributed by atoms with Crippen molar-refractivity contribution < 1.29 is 4.79 Å². The van der Waals surface area contributed by atoms with Gasteiger partial charge in [-0.05, 0) is 91.2 Å². The van der Waals surface area contributed by atoms with Crippen LogP contribution < -0.4 is 4.90 Å². The molecule has 0 bridgehead atoms. The first-order chi connectivity index (χ1) is 20.5. The highest BCUT2D eigenvalue weighted by Crippen LogP contribution is 2.43. The maximum Gasteiger partial charge on any atom is 0.260 e. The summed E-state index contributed by atoms with van der Waals surface area (Å²) in [6.45, 7) is 2.47. The Labute approximate surface area is 246 Å². The third kappa shape index (κ3) is 5.10. The number of hydrogen-bond acceptors (Lipinski definition) is 6. The summed E-state index contributed by atoms with van der Waals surface area (Å²) in [6, 6.07) is 18.4. The number of nitrogens with zero attached hydrogens (tertiary/aromatic N) is 7. The molecule has 3 heterocycles. The normalized spacial score (nSPS) is 16.8. The van der Waals surface area contributed by atoms with Gasteiger partial charge in [0.15, 0.2) is 5.82 Å². The Morgan fingerprint density at radius 1 is 1.00 bits per heavy atom. The fourth-order valence-electron chi connectivity index (χ4n) is 6.64. The number of nitriles is 1. The number of hydrogen-bond donors (Lipinski definition) is 0. The van der Waals surface area contributed by atoms with Crippen molar-refractivity contribution in [2.24, 2.45) is 13.0 Å². The van der Waals surface area contributed by atoms with Gasteiger partial charge in [0.05, 0.1) is 18.2 Å². The molecular weight excluding hydrogens is 522 g/mol. The van der Waals surface area contributed by atoms with Gasteiger partial charge in [0.2, 0.25) is 0 Å². The molecule has 0 spiro atoms. The highest BCUT2D eigenvalue weighted by molar-refractivity contribution is 6.10. The lowest BCUT2D eigenvalue weighted by Gasteiger charge is -2.21. The molecule has 212 valence electrons. The van der Waals surface area contributed by atoms with Gasteiger partial charge in [-0.2, -0.15) is 5.26 Å². The molecule has 2 saturated carbocycles. The number of carbonyl (C=O) groups excluding carboxylic acids is 1. The molecule has 0 N–H and O–H groups in total. The molecule has 0 unspecified atom stereocenters. The standard InChI is InChI=1S/C34H35N7O/c1-39(18-22-5-3-4-6-22)19-24-7-9-26-20-41(34(42)29(26)14-24)32-16-27(15-31(37-32)25-10-11-25)28-12-8-23(17-35)13-30(28)33-38-36-21-40(33)2/h7-9,12-16,21-22,25H,3-6,10-11,18-20H2,1-2H3. The van der Waals surface area contributed by atoms with Crippen LogP contribution in [0.2, 0.25) is 0 Å². The van der Waals surface area contributed by atoms with E-state index in [0.717, 1.165) is 65.4 Å². The van der Waals surface area contributed by atoms with Crippen LogP contribution in [0.3, 0.4) is 0 Å². The molecule has 42 heavy (non-hydrogen) atoms. The molecular formula is C34H35N7O. The largest absolute Gasteiger partial charge is 0.317 e. The number of rotatable bonds is 8. The number of fused-ring (bicyclic) bond motifs is 1. The molecule has 2 aromatic heterocycles. The number of pyridine rings is 1. The van der Waals surface area contributed by atoms with Crippen molar-refractivity contribution in [2.75, 3.05) is 18.5 Å². The summed E-state index contributed by atoms with van der Waals surface area (Å²) in [4.78, 5) is 23.1. The summed E-state index contributed by atoms with van der Waals surface area (Å²) in [7, 11) is 4.08. The summed E-state index contributed by atoms with van der Waals surface area (Å²) in [5.41, 5.74) is 7.29. The molecule has 8 nitrogen and oxygen atoms in total. The molecule has 2 aromatic carbocycles. The Bertz CT molecular complexity index is 1710. The predicted octanol–water partition coefficient (Wildman–Crippen LogP) is 6.08. The van der Waals surface area contributed by atoms with Crippen LogP contribution in [0.1, 0.15) is 77.2 Å². The number of benzene rings is 2. The van der Waals surface area contributed by atoms with E-state index in [9.17, 15) is 10.1 Å². The average molecular weight is 558 g/mol. The second kappa shape index (κ2) is 10.8. The highest BCUT2D eigenvalue weighted by atomic mass is 16.2. The Kier molecular flexibility index (Phi) is 6.83. The lowest BCUT2D eigenvalue weighted by molar-refractivity contribution is 0.0995. The lowest BCUT2D eigenvalue weighted by atomic mass is 9.96. The van der Waals surface area contributed by atoms with Crippen molar-refractivity contribution in [3.8, 4) is 28.6 Å². The lowest BCUT2D eigenvalue weighted by Crippen LogP contribution is -2.25. The van der Waals surface area contributed by atoms with E-state index in [-0.39, 0.29) is 5.91 Å². The fraction of sp³-hybridized carbons (Fsp3) is 0.382. The van der Waals surface area contributed by atoms with E-state index in [1.165, 1.54) is 31.2 Å². The fourth-order valence-corrected chi connectivity index (χ4v) is 6.64. The summed E-state index contributed by atoms with van der Waals surface area (Å²) in [6.07, 6.45) is 9.24. The Morgan fingerprint density at radius 2 is 1.83 bits per heavy atom. The summed E-state index contributed by atoms with van der Waals surface area (Å²) < 4.78 is 1.85. The van der Waals surface area contributed by atoms with E-state index in [0.29, 0.717) is 29.7 Å². The van der Waals surface area contributed by atoms with Crippen molar-refractivity contribution >= 4 is 11.7 Å². The van der Waals surface area contributed by atoms with E-state index in [1.807, 2.05) is 40.8 Å². The quantitative estimate of drug-likeness (QED) is 0.261. The second-order valence-electron chi connectivity index (χ2n) is 12.3. The molecule has 1 amide bonds. The number of aromatic nitrogens is 4. The number of anilines is 1. The maximum atomic E-state index is 13.9. The third-order valence-corrected chi connectivity index (χ3v) is 8.99. The predicted molar refractivity (Wildman–Crippen MR) is 162 cm³/mol. The van der Waals surface area contributed by atoms with Crippen molar-refractivity contribution in [1.29, 1.82) is 5.26 Å². The SMILES string of the molecule is CN(Cc1ccc2c(c1)C(=O)N(c1cc(-c3ccc(C#N)cc3-c3nncn3C)cc(C3CC3)n1)C2)CC1CCCC1. The maximum absolute atomic E-state index is 13.9. The minimum atomic E-state index is 0.00467. The topological polar surface area (TPSA) is 90.9 Å². The molecule has 0 saturated heterocycles. The van der Waals surface area contributed by atoms with Crippen LogP contribution >= 0.6 is 0 Å². The molecule has 8 heteroatoms. The zero-order valence-corrected chi connectivity index (χ0v) is 24.3. The van der Waals surface area contributed by atoms with Crippen molar-refractivity contribution in [3.05, 3.63) is 82.8 Å². The molecule has 7 rings (SSSR count). The van der Waals surface area contributed by atoms with Gasteiger partial charge in [-0.1, -0.05) is 31.0 Å². The van der Waals surface area contributed by atoms with Gasteiger partial charge >= 0.3 is 0 Å². The smallest absolute Gasteiger partial charge is 0.260 e. The first kappa shape index (κ1) is 26.5. The zero-order valence-electron chi connectivity index (χ0n) is 24.3. The second-order valence-corrected chi connectivity index (χ2v) is 12.3. The minimum absolute atomic E-state index is 0.00467. The molecule has 4 aromatic rings. The Balaban J connectivity index is 1.21. The van der Waals surface area contributed by atoms with Crippen LogP contribution in [0.25, 0.3) is 22.5 Å². The van der Waals surface area contributed by atoms with Crippen LogP contribution in [-0.4, -0.2) is 44.1 Å². The molecule has 2 fully saturated rings. The van der Waals surface area contributed by atoms with Gasteiger partial charge < -0.3 is 9.47 Å². The Morgan fingerprint density at radius 3 is 2.57 bits per heavy atom. The van der Waals surface area contributed by atoms with Crippen LogP contribution in [0.5, 0.6) is 0 Å². The van der Waals surface area contributed by atoms with Crippen LogP contribution in [0.4, 0.5) is 5.82 Å². The molecule has 1 aliphatic heterocycles. The van der Waals surface area contributed by atoms with Crippen molar-refractivity contribution in [1.82, 2.24) is 24.6 Å². The van der Waals surface area contributed by atoms with Gasteiger partial charge in [0.25, 0.3) is 5.91 Å². The van der Waals surface area contributed by atoms with Gasteiger partial charge in [-0.25, -0.2) is 4.98 Å². The number of amides is 1. The summed E-state index contributed by atoms with van der Waals surface area (Å²) in [5.74, 6) is 2.56. The van der Waals surface area contributed by atoms with Crippen molar-refractivity contribution in [2.45, 2.75) is 57.5 Å². The molecule has 2 aliphatic carbocycles. The Hall–Kier alpha value is -4.35. The van der Waals surface area contributed by atoms with Crippen LogP contribution in [0.15, 0.2) is 54.9 Å². The van der Waals surface area contributed by atoms with Gasteiger partial charge in [-0.15, -0.1) is 10.2 Å². The van der Waals surface area contributed by atoms with E-state index in [2.05, 4.69) is 52.5 Å². The summed E-state index contributed by atoms with van der Waals surface area (Å²) >= 11 is 0. The van der Waals surface area contributed by atoms with E-state index < -0.39 is 0 Å². The molecule has 0 atom stereocenters.